The first-order valence-electron chi connectivity index (χ1n) is 6.46. The molecule has 0 aliphatic rings. The third-order valence-corrected chi connectivity index (χ3v) is 2.80. The van der Waals surface area contributed by atoms with Crippen LogP contribution in [0.15, 0.2) is 18.2 Å². The van der Waals surface area contributed by atoms with Gasteiger partial charge < -0.3 is 20.5 Å². The molecule has 1 aromatic rings. The molecule has 0 aliphatic heterocycles. The van der Waals surface area contributed by atoms with E-state index in [1.165, 1.54) is 0 Å². The second kappa shape index (κ2) is 6.99. The first-order chi connectivity index (χ1) is 9.02. The highest BCUT2D eigenvalue weighted by Gasteiger charge is 2.23. The lowest BCUT2D eigenvalue weighted by Gasteiger charge is -2.27. The van der Waals surface area contributed by atoms with E-state index in [2.05, 4.69) is 0 Å². The van der Waals surface area contributed by atoms with Gasteiger partial charge in [0.05, 0.1) is 13.2 Å². The number of hydrogen-bond acceptors (Lipinski definition) is 4. The van der Waals surface area contributed by atoms with Gasteiger partial charge in [-0.3, -0.25) is 4.79 Å². The highest BCUT2D eigenvalue weighted by Crippen LogP contribution is 2.26. The molecule has 0 bridgehead atoms. The molecule has 0 aromatic heterocycles. The van der Waals surface area contributed by atoms with Gasteiger partial charge in [-0.25, -0.2) is 0 Å². The lowest BCUT2D eigenvalue weighted by atomic mass is 10.1. The van der Waals surface area contributed by atoms with Crippen LogP contribution in [0.2, 0.25) is 0 Å². The predicted molar refractivity (Wildman–Crippen MR) is 75.3 cm³/mol. The van der Waals surface area contributed by atoms with Crippen molar-refractivity contribution in [3.05, 3.63) is 23.8 Å². The topological polar surface area (TPSA) is 75.8 Å². The molecule has 0 atom stereocenters. The Labute approximate surface area is 114 Å². The molecular weight excluding hydrogens is 244 g/mol. The largest absolute Gasteiger partial charge is 0.493 e. The number of hydrogen-bond donors (Lipinski definition) is 2. The van der Waals surface area contributed by atoms with Crippen LogP contribution in [-0.4, -0.2) is 41.7 Å². The Bertz CT molecular complexity index is 433. The highest BCUT2D eigenvalue weighted by molar-refractivity contribution is 6.02. The van der Waals surface area contributed by atoms with E-state index in [0.29, 0.717) is 23.6 Å². The van der Waals surface area contributed by atoms with Crippen molar-refractivity contribution in [1.82, 2.24) is 4.90 Å². The zero-order valence-corrected chi connectivity index (χ0v) is 11.7. The Morgan fingerprint density at radius 2 is 2.16 bits per heavy atom. The van der Waals surface area contributed by atoms with Crippen LogP contribution < -0.4 is 10.5 Å². The van der Waals surface area contributed by atoms with Crippen molar-refractivity contribution in [1.29, 1.82) is 0 Å². The molecule has 0 heterocycles. The van der Waals surface area contributed by atoms with Crippen molar-refractivity contribution < 1.29 is 14.6 Å². The number of nitrogens with zero attached hydrogens (tertiary/aromatic N) is 1. The van der Waals surface area contributed by atoms with E-state index in [4.69, 9.17) is 15.6 Å². The van der Waals surface area contributed by atoms with Crippen molar-refractivity contribution in [3.8, 4) is 5.75 Å². The lowest BCUT2D eigenvalue weighted by Crippen LogP contribution is -2.39. The van der Waals surface area contributed by atoms with Gasteiger partial charge in [-0.1, -0.05) is 6.07 Å². The zero-order valence-electron chi connectivity index (χ0n) is 11.7. The molecule has 19 heavy (non-hydrogen) atoms. The fourth-order valence-electron chi connectivity index (χ4n) is 1.90. The number of nitrogen functional groups attached to an aromatic ring is 1. The molecule has 0 saturated heterocycles. The van der Waals surface area contributed by atoms with Crippen molar-refractivity contribution >= 4 is 11.6 Å². The summed E-state index contributed by atoms with van der Waals surface area (Å²) in [5, 5.41) is 9.07. The number of carbonyl (C=O) groups excluding carboxylic acids is 1. The summed E-state index contributed by atoms with van der Waals surface area (Å²) in [6, 6.07) is 5.13. The fourth-order valence-corrected chi connectivity index (χ4v) is 1.90. The van der Waals surface area contributed by atoms with Crippen LogP contribution in [0.4, 0.5) is 5.69 Å². The summed E-state index contributed by atoms with van der Waals surface area (Å²) in [6.07, 6.45) is 0. The molecule has 106 valence electrons. The number of ether oxygens (including phenoxy) is 1. The maximum atomic E-state index is 12.5. The van der Waals surface area contributed by atoms with E-state index < -0.39 is 0 Å². The monoisotopic (exact) mass is 266 g/mol. The smallest absolute Gasteiger partial charge is 0.260 e. The average molecular weight is 266 g/mol. The van der Waals surface area contributed by atoms with Crippen LogP contribution in [0.5, 0.6) is 5.75 Å². The normalized spacial score (nSPS) is 10.6. The maximum Gasteiger partial charge on any atom is 0.260 e. The Hall–Kier alpha value is -1.75. The molecule has 0 aliphatic carbocycles. The molecule has 1 rings (SSSR count). The van der Waals surface area contributed by atoms with Gasteiger partial charge in [0, 0.05) is 18.3 Å². The van der Waals surface area contributed by atoms with Crippen molar-refractivity contribution in [2.75, 3.05) is 25.5 Å². The van der Waals surface area contributed by atoms with Crippen LogP contribution in [-0.2, 0) is 0 Å². The van der Waals surface area contributed by atoms with Gasteiger partial charge in [0.2, 0.25) is 0 Å². The van der Waals surface area contributed by atoms with Crippen LogP contribution in [0.1, 0.15) is 31.1 Å². The minimum Gasteiger partial charge on any atom is -0.493 e. The number of amides is 1. The summed E-state index contributed by atoms with van der Waals surface area (Å²) in [7, 11) is 0. The van der Waals surface area contributed by atoms with E-state index in [-0.39, 0.29) is 25.1 Å². The Morgan fingerprint density at radius 3 is 2.68 bits per heavy atom. The first kappa shape index (κ1) is 15.3. The molecule has 1 aromatic carbocycles. The number of aliphatic hydroxyl groups excluding tert-OH is 1. The molecule has 0 saturated carbocycles. The third kappa shape index (κ3) is 3.61. The summed E-state index contributed by atoms with van der Waals surface area (Å²) in [5.74, 6) is 0.265. The molecule has 5 heteroatoms. The van der Waals surface area contributed by atoms with E-state index >= 15 is 0 Å². The summed E-state index contributed by atoms with van der Waals surface area (Å²) in [5.41, 5.74) is 6.65. The summed E-state index contributed by atoms with van der Waals surface area (Å²) >= 11 is 0. The zero-order chi connectivity index (χ0) is 14.4. The van der Waals surface area contributed by atoms with Gasteiger partial charge in [-0.15, -0.1) is 0 Å². The maximum absolute atomic E-state index is 12.5. The lowest BCUT2D eigenvalue weighted by molar-refractivity contribution is 0.0662. The van der Waals surface area contributed by atoms with Crippen LogP contribution >= 0.6 is 0 Å². The second-order valence-corrected chi connectivity index (χ2v) is 4.47. The van der Waals surface area contributed by atoms with E-state index in [1.807, 2.05) is 20.8 Å². The second-order valence-electron chi connectivity index (χ2n) is 4.47. The van der Waals surface area contributed by atoms with E-state index in [1.54, 1.807) is 23.1 Å². The van der Waals surface area contributed by atoms with Crippen LogP contribution in [0.25, 0.3) is 0 Å². The number of nitrogens with two attached hydrogens (primary N) is 1. The summed E-state index contributed by atoms with van der Waals surface area (Å²) in [4.78, 5) is 14.1. The van der Waals surface area contributed by atoms with Gasteiger partial charge in [-0.2, -0.15) is 0 Å². The van der Waals surface area contributed by atoms with Gasteiger partial charge >= 0.3 is 0 Å². The SMILES string of the molecule is CCOc1cccc(N)c1C(=O)N(CCO)C(C)C. The minimum absolute atomic E-state index is 0.0197. The number of benzene rings is 1. The van der Waals surface area contributed by atoms with Gasteiger partial charge in [0.1, 0.15) is 11.3 Å². The van der Waals surface area contributed by atoms with Crippen molar-refractivity contribution in [2.45, 2.75) is 26.8 Å². The Kier molecular flexibility index (Phi) is 5.63. The number of rotatable bonds is 6. The summed E-state index contributed by atoms with van der Waals surface area (Å²) < 4.78 is 5.46. The molecule has 3 N–H and O–H groups in total. The van der Waals surface area contributed by atoms with E-state index in [0.717, 1.165) is 0 Å². The van der Waals surface area contributed by atoms with Crippen LogP contribution in [0, 0.1) is 0 Å². The fraction of sp³-hybridized carbons (Fsp3) is 0.500. The van der Waals surface area contributed by atoms with E-state index in [9.17, 15) is 4.79 Å². The Balaban J connectivity index is 3.16. The standard InChI is InChI=1S/C14H22N2O3/c1-4-19-12-7-5-6-11(15)13(12)14(18)16(8-9-17)10(2)3/h5-7,10,17H,4,8-9,15H2,1-3H3. The molecule has 0 unspecified atom stereocenters. The predicted octanol–water partition coefficient (Wildman–Crippen LogP) is 1.51. The number of aliphatic hydroxyl groups is 1. The number of carbonyl (C=O) groups is 1. The third-order valence-electron chi connectivity index (χ3n) is 2.80. The van der Waals surface area contributed by atoms with Crippen molar-refractivity contribution in [2.24, 2.45) is 0 Å². The average Bonchev–Trinajstić information content (AvgIpc) is 2.35. The van der Waals surface area contributed by atoms with Gasteiger partial charge in [0.25, 0.3) is 5.91 Å². The molecular formula is C14H22N2O3. The van der Waals surface area contributed by atoms with Crippen molar-refractivity contribution in [3.63, 3.8) is 0 Å². The van der Waals surface area contributed by atoms with Crippen LogP contribution in [0.3, 0.4) is 0 Å². The molecule has 5 nitrogen and oxygen atoms in total. The molecule has 0 fully saturated rings. The quantitative estimate of drug-likeness (QED) is 0.765. The first-order valence-corrected chi connectivity index (χ1v) is 6.46. The van der Waals surface area contributed by atoms with Gasteiger partial charge in [0.15, 0.2) is 0 Å². The summed E-state index contributed by atoms with van der Waals surface area (Å²) in [6.45, 7) is 6.30. The highest BCUT2D eigenvalue weighted by atomic mass is 16.5. The molecule has 0 spiro atoms. The van der Waals surface area contributed by atoms with Gasteiger partial charge in [-0.05, 0) is 32.9 Å². The number of anilines is 1. The Morgan fingerprint density at radius 1 is 1.47 bits per heavy atom. The molecule has 0 radical (unpaired) electrons. The molecule has 1 amide bonds. The minimum atomic E-state index is -0.217.